The molecule has 132 valence electrons. The van der Waals surface area contributed by atoms with Gasteiger partial charge in [0.25, 0.3) is 17.0 Å². The van der Waals surface area contributed by atoms with Crippen LogP contribution in [0, 0.1) is 6.92 Å². The molecule has 1 aliphatic heterocycles. The van der Waals surface area contributed by atoms with Crippen molar-refractivity contribution in [1.29, 1.82) is 0 Å². The summed E-state index contributed by atoms with van der Waals surface area (Å²) in [6.07, 6.45) is 0.496. The first-order valence-corrected chi connectivity index (χ1v) is 9.80. The molecule has 1 aliphatic rings. The first-order chi connectivity index (χ1) is 12.6. The van der Waals surface area contributed by atoms with Crippen molar-refractivity contribution in [1.82, 2.24) is 20.1 Å². The maximum atomic E-state index is 12.3. The fourth-order valence-electron chi connectivity index (χ4n) is 2.68. The molecule has 4 rings (SSSR count). The minimum atomic E-state index is -0.253. The molecular weight excluding hydrogens is 372 g/mol. The number of aromatic nitrogens is 3. The molecule has 1 aromatic carbocycles. The number of hydrogen-bond donors (Lipinski definition) is 0. The number of carbonyl (C=O) groups excluding carboxylic acids is 2. The highest BCUT2D eigenvalue weighted by atomic mass is 32.2. The molecule has 0 saturated carbocycles. The second-order valence-electron chi connectivity index (χ2n) is 5.65. The van der Waals surface area contributed by atoms with Crippen molar-refractivity contribution >= 4 is 34.9 Å². The molecule has 2 aromatic heterocycles. The number of hydrogen-bond acceptors (Lipinski definition) is 8. The van der Waals surface area contributed by atoms with Crippen LogP contribution in [0.4, 0.5) is 0 Å². The van der Waals surface area contributed by atoms with E-state index < -0.39 is 0 Å². The average Bonchev–Trinajstić information content (AvgIpc) is 3.32. The third kappa shape index (κ3) is 3.27. The van der Waals surface area contributed by atoms with Crippen LogP contribution < -0.4 is 0 Å². The molecule has 2 amide bonds. The lowest BCUT2D eigenvalue weighted by Crippen LogP contribution is -2.31. The molecule has 0 atom stereocenters. The second kappa shape index (κ2) is 7.00. The molecule has 0 spiro atoms. The smallest absolute Gasteiger partial charge is 0.276 e. The molecular formula is C17H14N4O3S2. The van der Waals surface area contributed by atoms with Crippen LogP contribution in [0.2, 0.25) is 0 Å². The van der Waals surface area contributed by atoms with Crippen LogP contribution in [0.5, 0.6) is 0 Å². The van der Waals surface area contributed by atoms with Gasteiger partial charge in [-0.1, -0.05) is 23.9 Å². The zero-order chi connectivity index (χ0) is 18.1. The van der Waals surface area contributed by atoms with Gasteiger partial charge in [0.15, 0.2) is 0 Å². The Morgan fingerprint density at radius 2 is 1.88 bits per heavy atom. The Kier molecular flexibility index (Phi) is 4.56. The van der Waals surface area contributed by atoms with Crippen LogP contribution in [0.1, 0.15) is 37.3 Å². The zero-order valence-corrected chi connectivity index (χ0v) is 15.5. The Balaban J connectivity index is 1.33. The zero-order valence-electron chi connectivity index (χ0n) is 13.8. The van der Waals surface area contributed by atoms with Gasteiger partial charge in [0.05, 0.1) is 28.2 Å². The molecule has 7 nitrogen and oxygen atoms in total. The molecule has 3 heterocycles. The van der Waals surface area contributed by atoms with Gasteiger partial charge in [0.1, 0.15) is 0 Å². The molecule has 0 fully saturated rings. The van der Waals surface area contributed by atoms with Crippen molar-refractivity contribution in [2.45, 2.75) is 18.6 Å². The second-order valence-corrected chi connectivity index (χ2v) is 7.76. The molecule has 0 radical (unpaired) electrons. The number of thiazole rings is 1. The molecule has 0 unspecified atom stereocenters. The van der Waals surface area contributed by atoms with Crippen molar-refractivity contribution in [3.8, 4) is 0 Å². The van der Waals surface area contributed by atoms with E-state index in [1.165, 1.54) is 16.7 Å². The molecule has 26 heavy (non-hydrogen) atoms. The highest BCUT2D eigenvalue weighted by molar-refractivity contribution is 7.99. The van der Waals surface area contributed by atoms with Crippen molar-refractivity contribution in [2.24, 2.45) is 0 Å². The number of amides is 2. The molecule has 0 N–H and O–H groups in total. The van der Waals surface area contributed by atoms with Crippen molar-refractivity contribution in [2.75, 3.05) is 12.3 Å². The Labute approximate surface area is 157 Å². The van der Waals surface area contributed by atoms with Gasteiger partial charge in [-0.25, -0.2) is 4.98 Å². The summed E-state index contributed by atoms with van der Waals surface area (Å²) < 4.78 is 5.59. The summed E-state index contributed by atoms with van der Waals surface area (Å²) in [5, 5.41) is 11.4. The van der Waals surface area contributed by atoms with Gasteiger partial charge >= 0.3 is 0 Å². The van der Waals surface area contributed by atoms with E-state index in [-0.39, 0.29) is 11.8 Å². The Morgan fingerprint density at radius 1 is 1.15 bits per heavy atom. The fraction of sp³-hybridized carbons (Fsp3) is 0.235. The number of aryl methyl sites for hydroxylation is 1. The van der Waals surface area contributed by atoms with Gasteiger partial charge in [-0.15, -0.1) is 21.5 Å². The van der Waals surface area contributed by atoms with E-state index in [0.717, 1.165) is 10.7 Å². The summed E-state index contributed by atoms with van der Waals surface area (Å²) in [5.41, 5.74) is 1.82. The van der Waals surface area contributed by atoms with Gasteiger partial charge in [-0.3, -0.25) is 14.5 Å². The van der Waals surface area contributed by atoms with Gasteiger partial charge in [-0.05, 0) is 19.1 Å². The minimum Gasteiger partial charge on any atom is -0.416 e. The van der Waals surface area contributed by atoms with Crippen LogP contribution >= 0.6 is 23.1 Å². The average molecular weight is 386 g/mol. The lowest BCUT2D eigenvalue weighted by molar-refractivity contribution is 0.0664. The summed E-state index contributed by atoms with van der Waals surface area (Å²) >= 11 is 2.90. The first kappa shape index (κ1) is 16.9. The SMILES string of the molecule is Cc1nc(Cc2nnc(SCCN3C(=O)c4ccccc4C3=O)o2)cs1. The summed E-state index contributed by atoms with van der Waals surface area (Å²) in [7, 11) is 0. The fourth-order valence-corrected chi connectivity index (χ4v) is 3.99. The number of carbonyl (C=O) groups is 2. The maximum absolute atomic E-state index is 12.3. The number of nitrogens with zero attached hydrogens (tertiary/aromatic N) is 4. The van der Waals surface area contributed by atoms with Gasteiger partial charge in [-0.2, -0.15) is 0 Å². The maximum Gasteiger partial charge on any atom is 0.276 e. The lowest BCUT2D eigenvalue weighted by Gasteiger charge is -2.12. The van der Waals surface area contributed by atoms with Crippen LogP contribution in [0.3, 0.4) is 0 Å². The van der Waals surface area contributed by atoms with Crippen LogP contribution in [0.25, 0.3) is 0 Å². The number of imide groups is 1. The van der Waals surface area contributed by atoms with Crippen LogP contribution in [0.15, 0.2) is 39.3 Å². The standard InChI is InChI=1S/C17H14N4O3S2/c1-10-18-11(9-26-10)8-14-19-20-17(24-14)25-7-6-21-15(22)12-4-2-3-5-13(12)16(21)23/h2-5,9H,6-8H2,1H3. The van der Waals surface area contributed by atoms with Crippen molar-refractivity contribution in [3.05, 3.63) is 57.4 Å². The number of benzene rings is 1. The summed E-state index contributed by atoms with van der Waals surface area (Å²) in [6, 6.07) is 6.86. The predicted molar refractivity (Wildman–Crippen MR) is 96.5 cm³/mol. The Bertz CT molecular complexity index is 947. The largest absolute Gasteiger partial charge is 0.416 e. The van der Waals surface area contributed by atoms with Gasteiger partial charge in [0, 0.05) is 17.7 Å². The van der Waals surface area contributed by atoms with Crippen LogP contribution in [-0.4, -0.2) is 44.2 Å². The van der Waals surface area contributed by atoms with Crippen molar-refractivity contribution < 1.29 is 14.0 Å². The van der Waals surface area contributed by atoms with E-state index in [1.807, 2.05) is 12.3 Å². The first-order valence-electron chi connectivity index (χ1n) is 7.93. The monoisotopic (exact) mass is 386 g/mol. The number of thioether (sulfide) groups is 1. The van der Waals surface area contributed by atoms with E-state index in [9.17, 15) is 9.59 Å². The highest BCUT2D eigenvalue weighted by Crippen LogP contribution is 2.24. The van der Waals surface area contributed by atoms with E-state index in [2.05, 4.69) is 15.2 Å². The quantitative estimate of drug-likeness (QED) is 0.475. The van der Waals surface area contributed by atoms with E-state index >= 15 is 0 Å². The number of fused-ring (bicyclic) bond motifs is 1. The predicted octanol–water partition coefficient (Wildman–Crippen LogP) is 2.81. The van der Waals surface area contributed by atoms with Gasteiger partial charge < -0.3 is 4.42 Å². The Hall–Kier alpha value is -2.52. The molecule has 0 bridgehead atoms. The van der Waals surface area contributed by atoms with E-state index in [0.29, 0.717) is 41.0 Å². The van der Waals surface area contributed by atoms with Crippen LogP contribution in [-0.2, 0) is 6.42 Å². The normalized spacial score (nSPS) is 13.5. The minimum absolute atomic E-state index is 0.253. The molecule has 0 aliphatic carbocycles. The number of rotatable bonds is 6. The van der Waals surface area contributed by atoms with E-state index in [1.54, 1.807) is 35.6 Å². The summed E-state index contributed by atoms with van der Waals surface area (Å²) in [6.45, 7) is 2.24. The lowest BCUT2D eigenvalue weighted by atomic mass is 10.1. The highest BCUT2D eigenvalue weighted by Gasteiger charge is 2.34. The van der Waals surface area contributed by atoms with Gasteiger partial charge in [0.2, 0.25) is 5.89 Å². The third-order valence-corrected chi connectivity index (χ3v) is 5.49. The molecule has 0 saturated heterocycles. The summed E-state index contributed by atoms with van der Waals surface area (Å²) in [4.78, 5) is 30.2. The topological polar surface area (TPSA) is 89.2 Å². The molecule has 3 aromatic rings. The Morgan fingerprint density at radius 3 is 2.54 bits per heavy atom. The van der Waals surface area contributed by atoms with Crippen molar-refractivity contribution in [3.63, 3.8) is 0 Å². The van der Waals surface area contributed by atoms with E-state index in [4.69, 9.17) is 4.42 Å². The molecule has 9 heteroatoms. The summed E-state index contributed by atoms with van der Waals surface area (Å²) in [5.74, 6) is 0.481. The third-order valence-electron chi connectivity index (χ3n) is 3.87.